The molecule has 0 spiro atoms. The first-order chi connectivity index (χ1) is 17.8. The van der Waals surface area contributed by atoms with Crippen molar-refractivity contribution in [2.45, 2.75) is 98.4 Å². The minimum Gasteiger partial charge on any atom is -0.445 e. The molecule has 38 heavy (non-hydrogen) atoms. The van der Waals surface area contributed by atoms with Crippen LogP contribution in [0.4, 0.5) is 4.79 Å². The second kappa shape index (κ2) is 14.4. The Balaban J connectivity index is 2.09. The Bertz CT molecular complexity index is 939. The highest BCUT2D eigenvalue weighted by atomic mass is 16.6. The number of carbonyl (C=O) groups is 4. The summed E-state index contributed by atoms with van der Waals surface area (Å²) in [4.78, 5) is 52.4. The number of Topliss-reactive ketones (excluding diaryl/α,β-unsaturated/α-hetero) is 2. The van der Waals surface area contributed by atoms with E-state index in [1.54, 1.807) is 6.92 Å². The summed E-state index contributed by atoms with van der Waals surface area (Å²) in [5.41, 5.74) is 0.00166. The zero-order chi connectivity index (χ0) is 28.5. The van der Waals surface area contributed by atoms with E-state index in [4.69, 9.17) is 9.47 Å². The second-order valence-electron chi connectivity index (χ2n) is 12.0. The molecule has 212 valence electrons. The molecule has 2 N–H and O–H groups in total. The molecule has 0 aliphatic carbocycles. The number of hydrogen-bond acceptors (Lipinski definition) is 6. The zero-order valence-corrected chi connectivity index (χ0v) is 24.0. The minimum atomic E-state index is -0.845. The Hall–Kier alpha value is -2.74. The summed E-state index contributed by atoms with van der Waals surface area (Å²) in [6.07, 6.45) is 0.714. The highest BCUT2D eigenvalue weighted by Crippen LogP contribution is 2.30. The summed E-state index contributed by atoms with van der Waals surface area (Å²) in [6, 6.07) is 7.87. The van der Waals surface area contributed by atoms with Gasteiger partial charge in [0.2, 0.25) is 5.91 Å². The minimum absolute atomic E-state index is 0.0310. The summed E-state index contributed by atoms with van der Waals surface area (Å²) in [6.45, 7) is 14.1. The van der Waals surface area contributed by atoms with Crippen LogP contribution in [-0.2, 0) is 30.5 Å². The van der Waals surface area contributed by atoms with Gasteiger partial charge >= 0.3 is 6.09 Å². The highest BCUT2D eigenvalue weighted by Gasteiger charge is 2.50. The molecule has 2 amide bonds. The van der Waals surface area contributed by atoms with Crippen molar-refractivity contribution < 1.29 is 28.7 Å². The molecule has 0 bridgehead atoms. The van der Waals surface area contributed by atoms with Gasteiger partial charge in [0.15, 0.2) is 11.6 Å². The molecular weight excluding hydrogens is 484 g/mol. The number of rotatable bonds is 16. The fraction of sp³-hybridized carbons (Fsp3) is 0.667. The lowest BCUT2D eigenvalue weighted by atomic mass is 9.87. The van der Waals surface area contributed by atoms with Crippen LogP contribution in [0, 0.1) is 23.7 Å². The third-order valence-electron chi connectivity index (χ3n) is 6.61. The Kier molecular flexibility index (Phi) is 11.9. The zero-order valence-electron chi connectivity index (χ0n) is 24.0. The van der Waals surface area contributed by atoms with Crippen molar-refractivity contribution in [2.75, 3.05) is 6.61 Å². The first-order valence-corrected chi connectivity index (χ1v) is 13.8. The van der Waals surface area contributed by atoms with Crippen molar-refractivity contribution in [3.63, 3.8) is 0 Å². The fourth-order valence-electron chi connectivity index (χ4n) is 4.50. The van der Waals surface area contributed by atoms with E-state index in [2.05, 4.69) is 10.6 Å². The average Bonchev–Trinajstić information content (AvgIpc) is 3.59. The fourth-order valence-corrected chi connectivity index (χ4v) is 4.50. The molecule has 1 fully saturated rings. The number of nitrogens with one attached hydrogen (secondary N) is 2. The van der Waals surface area contributed by atoms with Gasteiger partial charge in [-0.05, 0) is 49.5 Å². The van der Waals surface area contributed by atoms with Crippen molar-refractivity contribution in [1.82, 2.24) is 10.6 Å². The molecule has 1 heterocycles. The molecule has 1 aromatic carbocycles. The Morgan fingerprint density at radius 1 is 0.868 bits per heavy atom. The van der Waals surface area contributed by atoms with Crippen molar-refractivity contribution in [1.29, 1.82) is 0 Å². The molecule has 1 aromatic rings. The number of epoxide rings is 1. The molecule has 0 radical (unpaired) electrons. The highest BCUT2D eigenvalue weighted by molar-refractivity contribution is 5.97. The molecule has 4 atom stereocenters. The summed E-state index contributed by atoms with van der Waals surface area (Å²) in [5, 5.41) is 5.65. The molecule has 8 nitrogen and oxygen atoms in total. The van der Waals surface area contributed by atoms with Crippen molar-refractivity contribution in [3.05, 3.63) is 35.9 Å². The lowest BCUT2D eigenvalue weighted by molar-refractivity contribution is -0.134. The van der Waals surface area contributed by atoms with Gasteiger partial charge in [-0.2, -0.15) is 0 Å². The topological polar surface area (TPSA) is 114 Å². The van der Waals surface area contributed by atoms with Crippen LogP contribution < -0.4 is 10.6 Å². The molecule has 1 saturated heterocycles. The van der Waals surface area contributed by atoms with E-state index in [0.717, 1.165) is 5.56 Å². The van der Waals surface area contributed by atoms with E-state index in [9.17, 15) is 19.2 Å². The molecule has 1 aliphatic rings. The van der Waals surface area contributed by atoms with Crippen LogP contribution in [0.3, 0.4) is 0 Å². The molecule has 1 aliphatic heterocycles. The molecule has 8 heteroatoms. The van der Waals surface area contributed by atoms with E-state index in [-0.39, 0.29) is 48.3 Å². The van der Waals surface area contributed by atoms with Gasteiger partial charge in [-0.25, -0.2) is 4.79 Å². The van der Waals surface area contributed by atoms with Crippen LogP contribution in [0.2, 0.25) is 0 Å². The number of ketones is 2. The van der Waals surface area contributed by atoms with Crippen LogP contribution in [0.15, 0.2) is 30.3 Å². The SMILES string of the molecule is CC(C)C[C@H](CC(=O)[C@H](CC(C)C)NC(=O)OCc1ccccc1)C(=O)N[C@@H](CC(C)C)C(=O)[C@@]1(C)CO1. The molecule has 0 aromatic heterocycles. The first-order valence-electron chi connectivity index (χ1n) is 13.8. The third-order valence-corrected chi connectivity index (χ3v) is 6.61. The maximum absolute atomic E-state index is 13.4. The number of hydrogen-bond donors (Lipinski definition) is 2. The molecule has 2 rings (SSSR count). The van der Waals surface area contributed by atoms with Crippen molar-refractivity contribution in [2.24, 2.45) is 23.7 Å². The summed E-state index contributed by atoms with van der Waals surface area (Å²) in [7, 11) is 0. The van der Waals surface area contributed by atoms with Gasteiger partial charge < -0.3 is 20.1 Å². The van der Waals surface area contributed by atoms with Crippen LogP contribution in [0.25, 0.3) is 0 Å². The number of ether oxygens (including phenoxy) is 2. The normalized spacial score (nSPS) is 19.1. The third kappa shape index (κ3) is 10.6. The lowest BCUT2D eigenvalue weighted by Gasteiger charge is -2.26. The maximum atomic E-state index is 13.4. The second-order valence-corrected chi connectivity index (χ2v) is 12.0. The molecule has 0 unspecified atom stereocenters. The number of amides is 2. The average molecular weight is 531 g/mol. The lowest BCUT2D eigenvalue weighted by Crippen LogP contribution is -2.49. The van der Waals surface area contributed by atoms with Gasteiger partial charge in [-0.15, -0.1) is 0 Å². The van der Waals surface area contributed by atoms with Gasteiger partial charge in [0, 0.05) is 12.3 Å². The van der Waals surface area contributed by atoms with Gasteiger partial charge in [0.05, 0.1) is 18.7 Å². The maximum Gasteiger partial charge on any atom is 0.408 e. The van der Waals surface area contributed by atoms with E-state index in [1.807, 2.05) is 71.9 Å². The Morgan fingerprint density at radius 2 is 1.42 bits per heavy atom. The van der Waals surface area contributed by atoms with Crippen LogP contribution in [-0.4, -0.2) is 47.9 Å². The predicted octanol–water partition coefficient (Wildman–Crippen LogP) is 4.84. The van der Waals surface area contributed by atoms with Gasteiger partial charge in [-0.1, -0.05) is 71.9 Å². The van der Waals surface area contributed by atoms with Crippen LogP contribution in [0.1, 0.15) is 79.7 Å². The standard InChI is InChI=1S/C30H46N2O6/c1-19(2)13-23(28(35)31-25(15-21(5)6)27(34)30(7)18-38-30)16-26(33)24(14-20(3)4)32-29(36)37-17-22-11-9-8-10-12-22/h8-12,19-21,23-25H,13-18H2,1-7H3,(H,31,35)(H,32,36)/t23-,24+,25+,30-/m1/s1. The van der Waals surface area contributed by atoms with E-state index < -0.39 is 29.7 Å². The first kappa shape index (κ1) is 31.5. The van der Waals surface area contributed by atoms with Crippen LogP contribution >= 0.6 is 0 Å². The monoisotopic (exact) mass is 530 g/mol. The largest absolute Gasteiger partial charge is 0.445 e. The van der Waals surface area contributed by atoms with E-state index in [0.29, 0.717) is 25.9 Å². The summed E-state index contributed by atoms with van der Waals surface area (Å²) < 4.78 is 10.7. The smallest absolute Gasteiger partial charge is 0.408 e. The Morgan fingerprint density at radius 3 is 1.95 bits per heavy atom. The summed E-state index contributed by atoms with van der Waals surface area (Å²) >= 11 is 0. The quantitative estimate of drug-likeness (QED) is 0.296. The van der Waals surface area contributed by atoms with Gasteiger partial charge in [-0.3, -0.25) is 14.4 Å². The Labute approximate surface area is 227 Å². The van der Waals surface area contributed by atoms with Gasteiger partial charge in [0.1, 0.15) is 12.2 Å². The van der Waals surface area contributed by atoms with E-state index in [1.165, 1.54) is 0 Å². The number of carbonyl (C=O) groups excluding carboxylic acids is 4. The predicted molar refractivity (Wildman–Crippen MR) is 146 cm³/mol. The van der Waals surface area contributed by atoms with Gasteiger partial charge in [0.25, 0.3) is 0 Å². The van der Waals surface area contributed by atoms with Crippen LogP contribution in [0.5, 0.6) is 0 Å². The molecular formula is C30H46N2O6. The molecule has 0 saturated carbocycles. The van der Waals surface area contributed by atoms with E-state index >= 15 is 0 Å². The number of alkyl carbamates (subject to hydrolysis) is 1. The van der Waals surface area contributed by atoms with Crippen molar-refractivity contribution in [3.8, 4) is 0 Å². The number of benzene rings is 1. The van der Waals surface area contributed by atoms with Crippen molar-refractivity contribution >= 4 is 23.6 Å². The summed E-state index contributed by atoms with van der Waals surface area (Å²) in [5.74, 6) is -0.786.